The van der Waals surface area contributed by atoms with E-state index in [-0.39, 0.29) is 11.9 Å². The molecule has 0 heterocycles. The molecule has 0 radical (unpaired) electrons. The molecule has 0 saturated heterocycles. The molecule has 2 fully saturated rings. The molecular formula is C15H28N2O. The summed E-state index contributed by atoms with van der Waals surface area (Å²) in [6.07, 6.45) is 10.9. The first-order valence-electron chi connectivity index (χ1n) is 7.71. The van der Waals surface area contributed by atoms with Crippen molar-refractivity contribution >= 4 is 5.91 Å². The summed E-state index contributed by atoms with van der Waals surface area (Å²) < 4.78 is 0. The fourth-order valence-corrected chi connectivity index (χ4v) is 3.15. The van der Waals surface area contributed by atoms with Crippen LogP contribution in [0.15, 0.2) is 0 Å². The SMILES string of the molecule is C[C@@H](NC(=O)CC(N)C1CC1)C1CCCCCC1. The van der Waals surface area contributed by atoms with Crippen LogP contribution in [-0.4, -0.2) is 18.0 Å². The van der Waals surface area contributed by atoms with Gasteiger partial charge in [0.15, 0.2) is 0 Å². The zero-order valence-corrected chi connectivity index (χ0v) is 11.7. The monoisotopic (exact) mass is 252 g/mol. The lowest BCUT2D eigenvalue weighted by Gasteiger charge is -2.24. The molecule has 0 bridgehead atoms. The van der Waals surface area contributed by atoms with E-state index in [0.717, 1.165) is 0 Å². The molecule has 3 nitrogen and oxygen atoms in total. The fourth-order valence-electron chi connectivity index (χ4n) is 3.15. The Morgan fingerprint density at radius 1 is 1.11 bits per heavy atom. The highest BCUT2D eigenvalue weighted by Crippen LogP contribution is 2.32. The van der Waals surface area contributed by atoms with Crippen LogP contribution in [0.5, 0.6) is 0 Å². The van der Waals surface area contributed by atoms with Gasteiger partial charge in [-0.1, -0.05) is 25.7 Å². The second-order valence-corrected chi connectivity index (χ2v) is 6.31. The highest BCUT2D eigenvalue weighted by Gasteiger charge is 2.30. The summed E-state index contributed by atoms with van der Waals surface area (Å²) in [7, 11) is 0. The summed E-state index contributed by atoms with van der Waals surface area (Å²) >= 11 is 0. The molecule has 0 aromatic heterocycles. The van der Waals surface area contributed by atoms with Crippen molar-refractivity contribution in [2.24, 2.45) is 17.6 Å². The number of amides is 1. The van der Waals surface area contributed by atoms with Gasteiger partial charge in [-0.2, -0.15) is 0 Å². The lowest BCUT2D eigenvalue weighted by Crippen LogP contribution is -2.41. The van der Waals surface area contributed by atoms with Crippen LogP contribution in [0.25, 0.3) is 0 Å². The third-order valence-corrected chi connectivity index (χ3v) is 4.64. The normalized spacial score (nSPS) is 25.2. The molecule has 0 spiro atoms. The van der Waals surface area contributed by atoms with Crippen molar-refractivity contribution in [3.63, 3.8) is 0 Å². The first kappa shape index (κ1) is 13.9. The van der Waals surface area contributed by atoms with Crippen molar-refractivity contribution in [2.45, 2.75) is 76.8 Å². The Balaban J connectivity index is 1.71. The van der Waals surface area contributed by atoms with E-state index in [9.17, 15) is 4.79 Å². The van der Waals surface area contributed by atoms with Gasteiger partial charge in [-0.25, -0.2) is 0 Å². The quantitative estimate of drug-likeness (QED) is 0.739. The van der Waals surface area contributed by atoms with Crippen molar-refractivity contribution in [1.29, 1.82) is 0 Å². The summed E-state index contributed by atoms with van der Waals surface area (Å²) in [6.45, 7) is 2.16. The van der Waals surface area contributed by atoms with E-state index in [4.69, 9.17) is 5.73 Å². The van der Waals surface area contributed by atoms with Crippen LogP contribution in [0.3, 0.4) is 0 Å². The largest absolute Gasteiger partial charge is 0.353 e. The van der Waals surface area contributed by atoms with Gasteiger partial charge < -0.3 is 11.1 Å². The maximum Gasteiger partial charge on any atom is 0.221 e. The minimum atomic E-state index is 0.0892. The number of rotatable bonds is 5. The second-order valence-electron chi connectivity index (χ2n) is 6.31. The molecule has 2 aliphatic carbocycles. The highest BCUT2D eigenvalue weighted by molar-refractivity contribution is 5.76. The smallest absolute Gasteiger partial charge is 0.221 e. The Bertz CT molecular complexity index is 268. The van der Waals surface area contributed by atoms with E-state index in [1.54, 1.807) is 0 Å². The number of hydrogen-bond acceptors (Lipinski definition) is 2. The molecule has 3 N–H and O–H groups in total. The van der Waals surface area contributed by atoms with Gasteiger partial charge in [0.05, 0.1) is 0 Å². The van der Waals surface area contributed by atoms with Gasteiger partial charge in [-0.15, -0.1) is 0 Å². The average molecular weight is 252 g/mol. The standard InChI is InChI=1S/C15H28N2O/c1-11(12-6-4-2-3-5-7-12)17-15(18)10-14(16)13-8-9-13/h11-14H,2-10,16H2,1H3,(H,17,18)/t11-,14?/m1/s1. The molecule has 1 amide bonds. The molecule has 2 rings (SSSR count). The van der Waals surface area contributed by atoms with E-state index in [1.807, 2.05) is 0 Å². The Labute approximate surface area is 111 Å². The minimum absolute atomic E-state index is 0.0892. The summed E-state index contributed by atoms with van der Waals surface area (Å²) in [5.74, 6) is 1.45. The Morgan fingerprint density at radius 2 is 1.72 bits per heavy atom. The van der Waals surface area contributed by atoms with Crippen molar-refractivity contribution in [3.05, 3.63) is 0 Å². The van der Waals surface area contributed by atoms with Gasteiger partial charge in [0.25, 0.3) is 0 Å². The molecule has 2 aliphatic rings. The molecule has 3 heteroatoms. The summed E-state index contributed by atoms with van der Waals surface area (Å²) in [4.78, 5) is 11.9. The minimum Gasteiger partial charge on any atom is -0.353 e. The van der Waals surface area contributed by atoms with Gasteiger partial charge in [-0.3, -0.25) is 4.79 Å². The van der Waals surface area contributed by atoms with Crippen molar-refractivity contribution in [3.8, 4) is 0 Å². The van der Waals surface area contributed by atoms with Crippen LogP contribution in [0.2, 0.25) is 0 Å². The van der Waals surface area contributed by atoms with Crippen molar-refractivity contribution < 1.29 is 4.79 Å². The summed E-state index contributed by atoms with van der Waals surface area (Å²) in [5, 5.41) is 3.17. The molecule has 1 unspecified atom stereocenters. The third kappa shape index (κ3) is 4.27. The molecule has 104 valence electrons. The first-order valence-corrected chi connectivity index (χ1v) is 7.71. The topological polar surface area (TPSA) is 55.1 Å². The number of carbonyl (C=O) groups is 1. The molecule has 0 aromatic rings. The van der Waals surface area contributed by atoms with Gasteiger partial charge in [0, 0.05) is 18.5 Å². The predicted molar refractivity (Wildman–Crippen MR) is 74.1 cm³/mol. The van der Waals surface area contributed by atoms with Gasteiger partial charge >= 0.3 is 0 Å². The summed E-state index contributed by atoms with van der Waals surface area (Å²) in [5.41, 5.74) is 6.00. The lowest BCUT2D eigenvalue weighted by atomic mass is 9.93. The van der Waals surface area contributed by atoms with Gasteiger partial charge in [0.2, 0.25) is 5.91 Å². The first-order chi connectivity index (χ1) is 8.66. The van der Waals surface area contributed by atoms with Crippen LogP contribution in [0.4, 0.5) is 0 Å². The maximum atomic E-state index is 11.9. The molecule has 18 heavy (non-hydrogen) atoms. The maximum absolute atomic E-state index is 11.9. The zero-order chi connectivity index (χ0) is 13.0. The Morgan fingerprint density at radius 3 is 2.28 bits per heavy atom. The number of nitrogens with one attached hydrogen (secondary N) is 1. The van der Waals surface area contributed by atoms with Crippen LogP contribution >= 0.6 is 0 Å². The molecule has 0 aliphatic heterocycles. The predicted octanol–water partition coefficient (Wildman–Crippen LogP) is 2.59. The van der Waals surface area contributed by atoms with E-state index in [0.29, 0.717) is 24.3 Å². The van der Waals surface area contributed by atoms with E-state index in [2.05, 4.69) is 12.2 Å². The van der Waals surface area contributed by atoms with E-state index in [1.165, 1.54) is 51.4 Å². The lowest BCUT2D eigenvalue weighted by molar-refractivity contribution is -0.122. The highest BCUT2D eigenvalue weighted by atomic mass is 16.1. The summed E-state index contributed by atoms with van der Waals surface area (Å²) in [6, 6.07) is 0.410. The second kappa shape index (κ2) is 6.55. The molecule has 2 atom stereocenters. The van der Waals surface area contributed by atoms with Gasteiger partial charge in [0.1, 0.15) is 0 Å². The third-order valence-electron chi connectivity index (χ3n) is 4.64. The number of carbonyl (C=O) groups excluding carboxylic acids is 1. The van der Waals surface area contributed by atoms with E-state index >= 15 is 0 Å². The molecular weight excluding hydrogens is 224 g/mol. The van der Waals surface area contributed by atoms with Crippen LogP contribution < -0.4 is 11.1 Å². The molecule has 2 saturated carbocycles. The number of nitrogens with two attached hydrogens (primary N) is 1. The number of hydrogen-bond donors (Lipinski definition) is 2. The van der Waals surface area contributed by atoms with Gasteiger partial charge in [-0.05, 0) is 44.4 Å². The van der Waals surface area contributed by atoms with Crippen molar-refractivity contribution in [1.82, 2.24) is 5.32 Å². The molecule has 0 aromatic carbocycles. The van der Waals surface area contributed by atoms with Crippen LogP contribution in [0, 0.1) is 11.8 Å². The van der Waals surface area contributed by atoms with Crippen LogP contribution in [0.1, 0.15) is 64.7 Å². The van der Waals surface area contributed by atoms with E-state index < -0.39 is 0 Å². The Hall–Kier alpha value is -0.570. The Kier molecular flexibility index (Phi) is 5.04. The van der Waals surface area contributed by atoms with Crippen LogP contribution in [-0.2, 0) is 4.79 Å². The zero-order valence-electron chi connectivity index (χ0n) is 11.7. The van der Waals surface area contributed by atoms with Crippen molar-refractivity contribution in [2.75, 3.05) is 0 Å². The fraction of sp³-hybridized carbons (Fsp3) is 0.933. The average Bonchev–Trinajstić information content (AvgIpc) is 3.16.